The van der Waals surface area contributed by atoms with E-state index in [1.807, 2.05) is 90.1 Å². The fourth-order valence-corrected chi connectivity index (χ4v) is 3.96. The number of likely N-dealkylation sites (N-methyl/N-ethyl adjacent to an activating group) is 1. The van der Waals surface area contributed by atoms with Crippen molar-refractivity contribution in [2.45, 2.75) is 47.1 Å². The lowest BCUT2D eigenvalue weighted by Crippen LogP contribution is -2.58. The molecule has 0 fully saturated rings. The second-order valence-corrected chi connectivity index (χ2v) is 8.16. The number of anilines is 1. The Morgan fingerprint density at radius 2 is 1.22 bits per heavy atom. The molecule has 2 N–H and O–H groups in total. The van der Waals surface area contributed by atoms with Crippen molar-refractivity contribution < 1.29 is 14.4 Å². The Morgan fingerprint density at radius 1 is 0.750 bits per heavy atom. The van der Waals surface area contributed by atoms with Gasteiger partial charge >= 0.3 is 0 Å². The third-order valence-electron chi connectivity index (χ3n) is 5.86. The van der Waals surface area contributed by atoms with Crippen LogP contribution in [0.15, 0.2) is 72.8 Å². The number of hydrogen-bond donors (Lipinski definition) is 2. The molecule has 0 aliphatic carbocycles. The maximum atomic E-state index is 13.5. The molecule has 0 bridgehead atoms. The molecule has 36 heavy (non-hydrogen) atoms. The zero-order valence-corrected chi connectivity index (χ0v) is 22.3. The third-order valence-corrected chi connectivity index (χ3v) is 5.86. The average molecular weight is 488 g/mol. The lowest BCUT2D eigenvalue weighted by Gasteiger charge is -2.30. The molecule has 0 aromatic heterocycles. The van der Waals surface area contributed by atoms with E-state index in [1.54, 1.807) is 31.3 Å². The van der Waals surface area contributed by atoms with Crippen molar-refractivity contribution in [2.75, 3.05) is 18.5 Å². The predicted octanol–water partition coefficient (Wildman–Crippen LogP) is 5.39. The summed E-state index contributed by atoms with van der Waals surface area (Å²) >= 11 is 0. The van der Waals surface area contributed by atoms with Gasteiger partial charge in [0.25, 0.3) is 17.7 Å². The van der Waals surface area contributed by atoms with Gasteiger partial charge in [0.2, 0.25) is 0 Å². The van der Waals surface area contributed by atoms with Crippen LogP contribution in [0.2, 0.25) is 0 Å². The number of hydrogen-bond acceptors (Lipinski definition) is 3. The third kappa shape index (κ3) is 5.82. The van der Waals surface area contributed by atoms with Crippen LogP contribution in [0.25, 0.3) is 0 Å². The molecule has 3 amide bonds. The smallest absolute Gasteiger partial charge is 0.259 e. The highest BCUT2D eigenvalue weighted by molar-refractivity contribution is 6.11. The summed E-state index contributed by atoms with van der Waals surface area (Å²) in [6.07, 6.45) is 0. The van der Waals surface area contributed by atoms with Crippen LogP contribution < -0.4 is 15.5 Å². The van der Waals surface area contributed by atoms with Crippen LogP contribution in [0.4, 0.5) is 5.69 Å². The Bertz CT molecular complexity index is 1190. The Kier molecular flexibility index (Phi) is 9.97. The van der Waals surface area contributed by atoms with Crippen LogP contribution in [0, 0.1) is 13.8 Å². The molecule has 1 unspecified atom stereocenters. The van der Waals surface area contributed by atoms with E-state index in [2.05, 4.69) is 10.6 Å². The van der Waals surface area contributed by atoms with Gasteiger partial charge in [0.15, 0.2) is 5.54 Å². The maximum absolute atomic E-state index is 13.5. The molecule has 6 heteroatoms. The monoisotopic (exact) mass is 487 g/mol. The van der Waals surface area contributed by atoms with Gasteiger partial charge in [-0.15, -0.1) is 0 Å². The van der Waals surface area contributed by atoms with Crippen molar-refractivity contribution in [3.63, 3.8) is 0 Å². The molecule has 1 heterocycles. The van der Waals surface area contributed by atoms with Gasteiger partial charge in [0.05, 0.1) is 6.54 Å². The summed E-state index contributed by atoms with van der Waals surface area (Å²) in [4.78, 5) is 40.9. The highest BCUT2D eigenvalue weighted by Crippen LogP contribution is 2.39. The molecule has 3 aromatic rings. The molecule has 1 aliphatic heterocycles. The van der Waals surface area contributed by atoms with Gasteiger partial charge in [-0.3, -0.25) is 14.4 Å². The fraction of sp³-hybridized carbons (Fsp3) is 0.300. The van der Waals surface area contributed by atoms with E-state index in [-0.39, 0.29) is 24.3 Å². The lowest BCUT2D eigenvalue weighted by atomic mass is 9.90. The minimum atomic E-state index is -1.41. The van der Waals surface area contributed by atoms with Crippen LogP contribution >= 0.6 is 0 Å². The second-order valence-electron chi connectivity index (χ2n) is 8.16. The molecule has 0 spiro atoms. The number of carbonyl (C=O) groups excluding carboxylic acids is 3. The molecule has 3 aromatic carbocycles. The number of rotatable bonds is 5. The van der Waals surface area contributed by atoms with Crippen LogP contribution in [-0.2, 0) is 10.3 Å². The zero-order chi connectivity index (χ0) is 26.9. The van der Waals surface area contributed by atoms with E-state index in [0.717, 1.165) is 11.1 Å². The molecule has 0 saturated heterocycles. The van der Waals surface area contributed by atoms with E-state index in [1.165, 1.54) is 4.90 Å². The van der Waals surface area contributed by atoms with Crippen LogP contribution in [0.1, 0.15) is 65.1 Å². The van der Waals surface area contributed by atoms with Gasteiger partial charge in [-0.25, -0.2) is 0 Å². The summed E-state index contributed by atoms with van der Waals surface area (Å²) in [7, 11) is 1.67. The first-order valence-electron chi connectivity index (χ1n) is 12.4. The van der Waals surface area contributed by atoms with Gasteiger partial charge in [0.1, 0.15) is 0 Å². The van der Waals surface area contributed by atoms with E-state index in [0.29, 0.717) is 22.4 Å². The molecule has 4 rings (SSSR count). The van der Waals surface area contributed by atoms with E-state index in [9.17, 15) is 14.4 Å². The second kappa shape index (κ2) is 12.7. The van der Waals surface area contributed by atoms with Crippen LogP contribution in [0.5, 0.6) is 0 Å². The largest absolute Gasteiger partial charge is 0.349 e. The highest BCUT2D eigenvalue weighted by atomic mass is 16.2. The van der Waals surface area contributed by atoms with Crippen LogP contribution in [0.3, 0.4) is 0 Å². The van der Waals surface area contributed by atoms with E-state index < -0.39 is 5.54 Å². The van der Waals surface area contributed by atoms with Gasteiger partial charge in [-0.2, -0.15) is 0 Å². The van der Waals surface area contributed by atoms with Crippen molar-refractivity contribution in [1.29, 1.82) is 0 Å². The topological polar surface area (TPSA) is 78.5 Å². The van der Waals surface area contributed by atoms with E-state index in [4.69, 9.17) is 0 Å². The highest BCUT2D eigenvalue weighted by Gasteiger charge is 2.51. The van der Waals surface area contributed by atoms with Gasteiger partial charge in [-0.05, 0) is 44.2 Å². The number of fused-ring (bicyclic) bond motifs is 1. The number of nitrogens with one attached hydrogen (secondary N) is 2. The fourth-order valence-electron chi connectivity index (χ4n) is 3.96. The van der Waals surface area contributed by atoms with Gasteiger partial charge in [0, 0.05) is 29.4 Å². The number of para-hydroxylation sites is 1. The summed E-state index contributed by atoms with van der Waals surface area (Å²) in [5, 5.41) is 5.79. The number of benzene rings is 3. The maximum Gasteiger partial charge on any atom is 0.259 e. The molecule has 0 radical (unpaired) electrons. The van der Waals surface area contributed by atoms with Gasteiger partial charge < -0.3 is 15.5 Å². The Hall–Kier alpha value is -3.93. The minimum absolute atomic E-state index is 0.0719. The average Bonchev–Trinajstić information content (AvgIpc) is 3.12. The number of aryl methyl sites for hydroxylation is 2. The van der Waals surface area contributed by atoms with Crippen molar-refractivity contribution in [3.05, 3.63) is 101 Å². The molecule has 6 nitrogen and oxygen atoms in total. The summed E-state index contributed by atoms with van der Waals surface area (Å²) in [5.74, 6) is -0.995. The number of nitrogens with zero attached hydrogens (tertiary/aromatic N) is 1. The predicted molar refractivity (Wildman–Crippen MR) is 146 cm³/mol. The first-order valence-corrected chi connectivity index (χ1v) is 12.4. The van der Waals surface area contributed by atoms with Gasteiger partial charge in [-0.1, -0.05) is 81.3 Å². The Labute approximate surface area is 214 Å². The van der Waals surface area contributed by atoms with Crippen molar-refractivity contribution in [3.8, 4) is 0 Å². The molecule has 1 aliphatic rings. The van der Waals surface area contributed by atoms with Crippen molar-refractivity contribution in [1.82, 2.24) is 10.6 Å². The molecule has 0 saturated carbocycles. The Balaban J connectivity index is 0.00000109. The molecular weight excluding hydrogens is 450 g/mol. The quantitative estimate of drug-likeness (QED) is 0.507. The molecule has 1 atom stereocenters. The standard InChI is InChI=1S/C26H25N3O3.2C2H6/c1-17-8-12-19(13-9-17)23(30)27-16-26(28-24(31)20-14-10-18(2)11-15-20)21-6-4-5-7-22(21)29(3)25(26)32;2*1-2/h4-15H,16H2,1-3H3,(H,27,30)(H,28,31);2*1-2H3. The van der Waals surface area contributed by atoms with Crippen LogP contribution in [-0.4, -0.2) is 31.3 Å². The summed E-state index contributed by atoms with van der Waals surface area (Å²) < 4.78 is 0. The van der Waals surface area contributed by atoms with Crippen molar-refractivity contribution >= 4 is 23.4 Å². The first-order chi connectivity index (χ1) is 17.3. The molecule has 190 valence electrons. The number of carbonyl (C=O) groups is 3. The normalized spacial score (nSPS) is 15.5. The SMILES string of the molecule is CC.CC.Cc1ccc(C(=O)NCC2(NC(=O)c3ccc(C)cc3)C(=O)N(C)c3ccccc32)cc1. The summed E-state index contributed by atoms with van der Waals surface area (Å²) in [6, 6.07) is 21.6. The minimum Gasteiger partial charge on any atom is -0.349 e. The first kappa shape index (κ1) is 28.3. The Morgan fingerprint density at radius 3 is 1.75 bits per heavy atom. The lowest BCUT2D eigenvalue weighted by molar-refractivity contribution is -0.123. The zero-order valence-electron chi connectivity index (χ0n) is 22.3. The van der Waals surface area contributed by atoms with E-state index >= 15 is 0 Å². The van der Waals surface area contributed by atoms with Crippen molar-refractivity contribution in [2.24, 2.45) is 0 Å². The molecular formula is C30H37N3O3. The summed E-state index contributed by atoms with van der Waals surface area (Å²) in [5.41, 5.74) is 2.95. The summed E-state index contributed by atoms with van der Waals surface area (Å²) in [6.45, 7) is 11.8. The number of amides is 3.